The van der Waals surface area contributed by atoms with Crippen molar-refractivity contribution in [3.63, 3.8) is 0 Å². The van der Waals surface area contributed by atoms with Crippen LogP contribution in [0, 0.1) is 0 Å². The van der Waals surface area contributed by atoms with E-state index >= 15 is 0 Å². The molecular formula is C15H18F3N3O3. The summed E-state index contributed by atoms with van der Waals surface area (Å²) in [6.07, 6.45) is -4.46. The maximum absolute atomic E-state index is 12.1. The molecule has 0 bridgehead atoms. The number of morpholine rings is 1. The van der Waals surface area contributed by atoms with Crippen molar-refractivity contribution in [2.75, 3.05) is 44.7 Å². The van der Waals surface area contributed by atoms with E-state index in [0.29, 0.717) is 32.0 Å². The van der Waals surface area contributed by atoms with Crippen molar-refractivity contribution >= 4 is 17.5 Å². The molecule has 2 amide bonds. The molecule has 6 nitrogen and oxygen atoms in total. The number of amides is 2. The van der Waals surface area contributed by atoms with Gasteiger partial charge in [0.05, 0.1) is 19.8 Å². The van der Waals surface area contributed by atoms with E-state index in [1.807, 2.05) is 0 Å². The molecule has 132 valence electrons. The number of ether oxygens (including phenoxy) is 1. The number of anilines is 1. The Kier molecular flexibility index (Phi) is 6.02. The summed E-state index contributed by atoms with van der Waals surface area (Å²) in [5.41, 5.74) is 0.569. The van der Waals surface area contributed by atoms with Gasteiger partial charge in [-0.25, -0.2) is 0 Å². The fourth-order valence-corrected chi connectivity index (χ4v) is 2.16. The highest BCUT2D eigenvalue weighted by Crippen LogP contribution is 2.14. The lowest BCUT2D eigenvalue weighted by Gasteiger charge is -2.27. The van der Waals surface area contributed by atoms with E-state index < -0.39 is 18.6 Å². The fourth-order valence-electron chi connectivity index (χ4n) is 2.16. The zero-order chi connectivity index (χ0) is 17.6. The van der Waals surface area contributed by atoms with Gasteiger partial charge in [0.15, 0.2) is 0 Å². The smallest absolute Gasteiger partial charge is 0.378 e. The second-order valence-corrected chi connectivity index (χ2v) is 5.23. The Hall–Kier alpha value is -2.29. The molecule has 0 atom stereocenters. The SMILES string of the molecule is O=C(NCC(F)(F)F)c1cccc(NCC(=O)N2CCOCC2)c1. The number of alkyl halides is 3. The van der Waals surface area contributed by atoms with Crippen molar-refractivity contribution in [2.24, 2.45) is 0 Å². The van der Waals surface area contributed by atoms with Crippen LogP contribution in [0.1, 0.15) is 10.4 Å². The van der Waals surface area contributed by atoms with Crippen LogP contribution in [0.5, 0.6) is 0 Å². The van der Waals surface area contributed by atoms with Gasteiger partial charge in [-0.3, -0.25) is 9.59 Å². The Bertz CT molecular complexity index is 587. The third kappa shape index (κ3) is 5.73. The summed E-state index contributed by atoms with van der Waals surface area (Å²) in [5, 5.41) is 4.68. The summed E-state index contributed by atoms with van der Waals surface area (Å²) in [7, 11) is 0. The molecule has 2 rings (SSSR count). The molecule has 9 heteroatoms. The zero-order valence-corrected chi connectivity index (χ0v) is 12.9. The molecule has 0 spiro atoms. The Balaban J connectivity index is 1.87. The van der Waals surface area contributed by atoms with Crippen LogP contribution in [0.4, 0.5) is 18.9 Å². The van der Waals surface area contributed by atoms with Gasteiger partial charge in [0, 0.05) is 24.3 Å². The molecule has 1 aliphatic rings. The van der Waals surface area contributed by atoms with E-state index in [1.54, 1.807) is 16.3 Å². The van der Waals surface area contributed by atoms with Crippen LogP contribution in [0.3, 0.4) is 0 Å². The number of nitrogens with one attached hydrogen (secondary N) is 2. The lowest BCUT2D eigenvalue weighted by Crippen LogP contribution is -2.43. The number of benzene rings is 1. The normalized spacial score (nSPS) is 15.0. The number of carbonyl (C=O) groups excluding carboxylic acids is 2. The molecule has 0 aromatic heterocycles. The molecule has 0 saturated carbocycles. The summed E-state index contributed by atoms with van der Waals surface area (Å²) < 4.78 is 41.5. The van der Waals surface area contributed by atoms with E-state index in [2.05, 4.69) is 5.32 Å². The van der Waals surface area contributed by atoms with Crippen molar-refractivity contribution in [1.29, 1.82) is 0 Å². The van der Waals surface area contributed by atoms with E-state index in [4.69, 9.17) is 4.74 Å². The molecule has 1 heterocycles. The molecule has 1 saturated heterocycles. The van der Waals surface area contributed by atoms with Crippen LogP contribution < -0.4 is 10.6 Å². The average molecular weight is 345 g/mol. The first-order valence-corrected chi connectivity index (χ1v) is 7.39. The topological polar surface area (TPSA) is 70.7 Å². The average Bonchev–Trinajstić information content (AvgIpc) is 2.58. The minimum Gasteiger partial charge on any atom is -0.378 e. The molecule has 0 unspecified atom stereocenters. The van der Waals surface area contributed by atoms with E-state index in [0.717, 1.165) is 0 Å². The maximum atomic E-state index is 12.1. The van der Waals surface area contributed by atoms with Gasteiger partial charge >= 0.3 is 6.18 Å². The molecule has 0 aliphatic carbocycles. The van der Waals surface area contributed by atoms with Gasteiger partial charge in [-0.2, -0.15) is 13.2 Å². The number of hydrogen-bond donors (Lipinski definition) is 2. The van der Waals surface area contributed by atoms with E-state index in [-0.39, 0.29) is 18.0 Å². The van der Waals surface area contributed by atoms with Gasteiger partial charge in [0.1, 0.15) is 6.54 Å². The molecule has 1 fully saturated rings. The summed E-state index contributed by atoms with van der Waals surface area (Å²) in [5.74, 6) is -0.930. The highest BCUT2D eigenvalue weighted by atomic mass is 19.4. The van der Waals surface area contributed by atoms with Crippen LogP contribution in [0.15, 0.2) is 24.3 Å². The first-order chi connectivity index (χ1) is 11.3. The lowest BCUT2D eigenvalue weighted by molar-refractivity contribution is -0.133. The van der Waals surface area contributed by atoms with Gasteiger partial charge < -0.3 is 20.3 Å². The summed E-state index contributed by atoms with van der Waals surface area (Å²) in [4.78, 5) is 25.4. The van der Waals surface area contributed by atoms with Crippen molar-refractivity contribution in [2.45, 2.75) is 6.18 Å². The second-order valence-electron chi connectivity index (χ2n) is 5.23. The van der Waals surface area contributed by atoms with Crippen molar-refractivity contribution in [3.05, 3.63) is 29.8 Å². The Morgan fingerprint density at radius 3 is 2.58 bits per heavy atom. The van der Waals surface area contributed by atoms with Gasteiger partial charge in [0.2, 0.25) is 5.91 Å². The standard InChI is InChI=1S/C15H18F3N3O3/c16-15(17,18)10-20-14(23)11-2-1-3-12(8-11)19-9-13(22)21-4-6-24-7-5-21/h1-3,8,19H,4-7,9-10H2,(H,20,23). The zero-order valence-electron chi connectivity index (χ0n) is 12.9. The highest BCUT2D eigenvalue weighted by molar-refractivity contribution is 5.95. The van der Waals surface area contributed by atoms with Crippen LogP contribution in [-0.4, -0.2) is 62.3 Å². The van der Waals surface area contributed by atoms with Crippen LogP contribution in [0.2, 0.25) is 0 Å². The van der Waals surface area contributed by atoms with Gasteiger partial charge in [-0.05, 0) is 18.2 Å². The van der Waals surface area contributed by atoms with Gasteiger partial charge in [0.25, 0.3) is 5.91 Å². The van der Waals surface area contributed by atoms with E-state index in [9.17, 15) is 22.8 Å². The van der Waals surface area contributed by atoms with Gasteiger partial charge in [-0.15, -0.1) is 0 Å². The number of carbonyl (C=O) groups is 2. The molecule has 24 heavy (non-hydrogen) atoms. The lowest BCUT2D eigenvalue weighted by atomic mass is 10.2. The first kappa shape index (κ1) is 18.1. The Morgan fingerprint density at radius 1 is 1.21 bits per heavy atom. The number of nitrogens with zero attached hydrogens (tertiary/aromatic N) is 1. The minimum absolute atomic E-state index is 0.0353. The largest absolute Gasteiger partial charge is 0.405 e. The van der Waals surface area contributed by atoms with Crippen molar-refractivity contribution < 1.29 is 27.5 Å². The summed E-state index contributed by atoms with van der Waals surface area (Å²) in [6.45, 7) is 0.703. The van der Waals surface area contributed by atoms with Gasteiger partial charge in [-0.1, -0.05) is 6.07 Å². The van der Waals surface area contributed by atoms with Crippen LogP contribution >= 0.6 is 0 Å². The van der Waals surface area contributed by atoms with Crippen molar-refractivity contribution in [3.8, 4) is 0 Å². The predicted octanol–water partition coefficient (Wildman–Crippen LogP) is 1.25. The number of rotatable bonds is 5. The highest BCUT2D eigenvalue weighted by Gasteiger charge is 2.27. The monoisotopic (exact) mass is 345 g/mol. The second kappa shape index (κ2) is 8.00. The Morgan fingerprint density at radius 2 is 1.92 bits per heavy atom. The molecule has 2 N–H and O–H groups in total. The molecule has 1 aromatic rings. The maximum Gasteiger partial charge on any atom is 0.405 e. The van der Waals surface area contributed by atoms with E-state index in [1.165, 1.54) is 18.2 Å². The predicted molar refractivity (Wildman–Crippen MR) is 80.7 cm³/mol. The number of halogens is 3. The summed E-state index contributed by atoms with van der Waals surface area (Å²) >= 11 is 0. The third-order valence-corrected chi connectivity index (χ3v) is 3.38. The number of hydrogen-bond acceptors (Lipinski definition) is 4. The molecule has 1 aromatic carbocycles. The third-order valence-electron chi connectivity index (χ3n) is 3.38. The van der Waals surface area contributed by atoms with Crippen LogP contribution in [-0.2, 0) is 9.53 Å². The fraction of sp³-hybridized carbons (Fsp3) is 0.467. The quantitative estimate of drug-likeness (QED) is 0.843. The molecule has 1 aliphatic heterocycles. The molecular weight excluding hydrogens is 327 g/mol. The Labute approximate surface area is 137 Å². The minimum atomic E-state index is -4.46. The van der Waals surface area contributed by atoms with Crippen molar-refractivity contribution in [1.82, 2.24) is 10.2 Å². The molecule has 0 radical (unpaired) electrons. The first-order valence-electron chi connectivity index (χ1n) is 7.39. The van der Waals surface area contributed by atoms with Crippen LogP contribution in [0.25, 0.3) is 0 Å². The summed E-state index contributed by atoms with van der Waals surface area (Å²) in [6, 6.07) is 5.97.